The Bertz CT molecular complexity index is 892. The summed E-state index contributed by atoms with van der Waals surface area (Å²) in [6, 6.07) is 7.70. The van der Waals surface area contributed by atoms with Gasteiger partial charge in [0.05, 0.1) is 5.57 Å². The molecule has 0 spiro atoms. The number of nitrogens with one attached hydrogen (secondary N) is 2. The first-order valence-corrected chi connectivity index (χ1v) is 8.77. The smallest absolute Gasteiger partial charge is 0.256 e. The fraction of sp³-hybridized carbons (Fsp3) is 0.300. The van der Waals surface area contributed by atoms with Gasteiger partial charge in [0.25, 0.3) is 5.91 Å². The molecule has 1 aromatic carbocycles. The number of hydrogen-bond donors (Lipinski definition) is 3. The third-order valence-electron chi connectivity index (χ3n) is 5.06. The van der Waals surface area contributed by atoms with Crippen molar-refractivity contribution >= 4 is 29.2 Å². The molecule has 2 aliphatic rings. The molecule has 4 rings (SSSR count). The number of amides is 2. The van der Waals surface area contributed by atoms with Gasteiger partial charge in [-0.3, -0.25) is 9.59 Å². The molecule has 0 bridgehead atoms. The van der Waals surface area contributed by atoms with Crippen LogP contribution in [0.5, 0.6) is 0 Å². The number of nitrogens with two attached hydrogens (primary N) is 1. The lowest BCUT2D eigenvalue weighted by Gasteiger charge is -2.12. The first kappa shape index (κ1) is 15.7. The van der Waals surface area contributed by atoms with Gasteiger partial charge in [0, 0.05) is 29.1 Å². The van der Waals surface area contributed by atoms with Crippen LogP contribution in [0, 0.1) is 0 Å². The lowest BCUT2D eigenvalue weighted by molar-refractivity contribution is -0.118. The molecule has 0 atom stereocenters. The quantitative estimate of drug-likeness (QED) is 0.750. The van der Waals surface area contributed by atoms with Gasteiger partial charge in [-0.1, -0.05) is 18.2 Å². The first-order chi connectivity index (χ1) is 12.1. The van der Waals surface area contributed by atoms with Crippen LogP contribution in [0.25, 0.3) is 11.6 Å². The molecule has 2 heterocycles. The average Bonchev–Trinajstić information content (AvgIpc) is 3.11. The number of carbonyl (C=O) groups excluding carboxylic acids is 2. The zero-order valence-corrected chi connectivity index (χ0v) is 14.0. The van der Waals surface area contributed by atoms with E-state index in [-0.39, 0.29) is 11.8 Å². The van der Waals surface area contributed by atoms with Crippen LogP contribution in [-0.2, 0) is 28.9 Å². The van der Waals surface area contributed by atoms with Gasteiger partial charge in [0.2, 0.25) is 5.91 Å². The van der Waals surface area contributed by atoms with Crippen molar-refractivity contribution in [1.82, 2.24) is 4.98 Å². The summed E-state index contributed by atoms with van der Waals surface area (Å²) in [5.74, 6) is -0.386. The highest BCUT2D eigenvalue weighted by molar-refractivity contribution is 6.34. The van der Waals surface area contributed by atoms with Crippen molar-refractivity contribution in [1.29, 1.82) is 0 Å². The van der Waals surface area contributed by atoms with E-state index in [2.05, 4.69) is 10.3 Å². The second-order valence-corrected chi connectivity index (χ2v) is 6.71. The van der Waals surface area contributed by atoms with Gasteiger partial charge in [-0.05, 0) is 55.4 Å². The molecule has 1 aliphatic heterocycles. The summed E-state index contributed by atoms with van der Waals surface area (Å²) in [5, 5.41) is 2.90. The van der Waals surface area contributed by atoms with Crippen molar-refractivity contribution in [2.75, 3.05) is 5.32 Å². The number of fused-ring (bicyclic) bond motifs is 2. The topological polar surface area (TPSA) is 88.0 Å². The Labute approximate surface area is 146 Å². The molecular formula is C20H21N3O2. The molecule has 2 amide bonds. The van der Waals surface area contributed by atoms with Gasteiger partial charge in [-0.25, -0.2) is 0 Å². The van der Waals surface area contributed by atoms with Gasteiger partial charge in [-0.15, -0.1) is 0 Å². The Morgan fingerprint density at radius 2 is 2.00 bits per heavy atom. The van der Waals surface area contributed by atoms with Gasteiger partial charge in [0.15, 0.2) is 0 Å². The van der Waals surface area contributed by atoms with Crippen LogP contribution in [0.2, 0.25) is 0 Å². The lowest BCUT2D eigenvalue weighted by atomic mass is 9.92. The first-order valence-electron chi connectivity index (χ1n) is 8.77. The third kappa shape index (κ3) is 2.86. The highest BCUT2D eigenvalue weighted by Gasteiger charge is 2.25. The van der Waals surface area contributed by atoms with Crippen molar-refractivity contribution in [3.05, 3.63) is 52.3 Å². The molecule has 0 saturated carbocycles. The molecule has 0 radical (unpaired) electrons. The van der Waals surface area contributed by atoms with E-state index >= 15 is 0 Å². The summed E-state index contributed by atoms with van der Waals surface area (Å²) in [4.78, 5) is 27.2. The third-order valence-corrected chi connectivity index (χ3v) is 5.06. The summed E-state index contributed by atoms with van der Waals surface area (Å²) >= 11 is 0. The monoisotopic (exact) mass is 335 g/mol. The maximum Gasteiger partial charge on any atom is 0.256 e. The zero-order valence-electron chi connectivity index (χ0n) is 14.0. The zero-order chi connectivity index (χ0) is 17.4. The minimum atomic E-state index is -0.298. The molecule has 1 aliphatic carbocycles. The number of carbonyl (C=O) groups is 2. The molecule has 0 fully saturated rings. The van der Waals surface area contributed by atoms with Crippen LogP contribution >= 0.6 is 0 Å². The largest absolute Gasteiger partial charge is 0.370 e. The Balaban J connectivity index is 1.78. The minimum absolute atomic E-state index is 0.0883. The molecule has 128 valence electrons. The number of aromatic amines is 1. The maximum atomic E-state index is 12.4. The van der Waals surface area contributed by atoms with Gasteiger partial charge in [-0.2, -0.15) is 0 Å². The van der Waals surface area contributed by atoms with Gasteiger partial charge < -0.3 is 16.0 Å². The predicted molar refractivity (Wildman–Crippen MR) is 97.9 cm³/mol. The highest BCUT2D eigenvalue weighted by atomic mass is 16.2. The van der Waals surface area contributed by atoms with Crippen LogP contribution in [0.15, 0.2) is 24.3 Å². The SMILES string of the molecule is NC(=O)CCc1c(/C=C2\C(=O)Nc3ccccc32)[nH]c2c1CCCC2. The van der Waals surface area contributed by atoms with E-state index < -0.39 is 0 Å². The normalized spacial score (nSPS) is 17.3. The molecule has 25 heavy (non-hydrogen) atoms. The maximum absolute atomic E-state index is 12.4. The Hall–Kier alpha value is -2.82. The Morgan fingerprint density at radius 3 is 2.84 bits per heavy atom. The number of aromatic nitrogens is 1. The molecule has 1 aromatic heterocycles. The number of primary amides is 1. The Kier molecular flexibility index (Phi) is 3.92. The molecule has 2 aromatic rings. The number of para-hydroxylation sites is 1. The number of hydrogen-bond acceptors (Lipinski definition) is 2. The van der Waals surface area contributed by atoms with Crippen molar-refractivity contribution in [3.8, 4) is 0 Å². The van der Waals surface area contributed by atoms with Crippen LogP contribution < -0.4 is 11.1 Å². The van der Waals surface area contributed by atoms with Crippen LogP contribution in [0.4, 0.5) is 5.69 Å². The van der Waals surface area contributed by atoms with E-state index in [0.29, 0.717) is 18.4 Å². The van der Waals surface area contributed by atoms with Crippen molar-refractivity contribution in [2.45, 2.75) is 38.5 Å². The molecule has 5 heteroatoms. The standard InChI is InChI=1S/C20H21N3O2/c21-19(24)10-9-14-12-5-1-3-7-16(12)22-18(14)11-15-13-6-2-4-8-17(13)23-20(15)25/h2,4,6,8,11,22H,1,3,5,7,9-10H2,(H2,21,24)(H,23,25)/b15-11-. The second-order valence-electron chi connectivity index (χ2n) is 6.71. The van der Waals surface area contributed by atoms with E-state index in [0.717, 1.165) is 41.8 Å². The van der Waals surface area contributed by atoms with Crippen molar-refractivity contribution in [2.24, 2.45) is 5.73 Å². The molecule has 0 unspecified atom stereocenters. The highest BCUT2D eigenvalue weighted by Crippen LogP contribution is 2.35. The van der Waals surface area contributed by atoms with Crippen LogP contribution in [-0.4, -0.2) is 16.8 Å². The Morgan fingerprint density at radius 1 is 1.20 bits per heavy atom. The van der Waals surface area contributed by atoms with E-state index in [1.54, 1.807) is 0 Å². The summed E-state index contributed by atoms with van der Waals surface area (Å²) in [6.45, 7) is 0. The van der Waals surface area contributed by atoms with Crippen LogP contribution in [0.3, 0.4) is 0 Å². The van der Waals surface area contributed by atoms with Crippen LogP contribution in [0.1, 0.15) is 47.3 Å². The van der Waals surface area contributed by atoms with E-state index in [1.165, 1.54) is 17.7 Å². The number of benzene rings is 1. The molecular weight excluding hydrogens is 314 g/mol. The number of H-pyrrole nitrogens is 1. The lowest BCUT2D eigenvalue weighted by Crippen LogP contribution is -2.12. The van der Waals surface area contributed by atoms with Crippen molar-refractivity contribution in [3.63, 3.8) is 0 Å². The minimum Gasteiger partial charge on any atom is -0.370 e. The summed E-state index contributed by atoms with van der Waals surface area (Å²) in [5.41, 5.74) is 12.4. The number of anilines is 1. The average molecular weight is 335 g/mol. The summed E-state index contributed by atoms with van der Waals surface area (Å²) < 4.78 is 0. The second kappa shape index (κ2) is 6.24. The summed E-state index contributed by atoms with van der Waals surface area (Å²) in [6.07, 6.45) is 7.23. The molecule has 0 saturated heterocycles. The number of rotatable bonds is 4. The van der Waals surface area contributed by atoms with E-state index in [9.17, 15) is 9.59 Å². The van der Waals surface area contributed by atoms with E-state index in [4.69, 9.17) is 5.73 Å². The van der Waals surface area contributed by atoms with Gasteiger partial charge >= 0.3 is 0 Å². The molecule has 5 nitrogen and oxygen atoms in total. The summed E-state index contributed by atoms with van der Waals surface area (Å²) in [7, 11) is 0. The fourth-order valence-corrected chi connectivity index (χ4v) is 3.86. The van der Waals surface area contributed by atoms with E-state index in [1.807, 2.05) is 30.3 Å². The van der Waals surface area contributed by atoms with Gasteiger partial charge in [0.1, 0.15) is 0 Å². The molecule has 4 N–H and O–H groups in total. The fourth-order valence-electron chi connectivity index (χ4n) is 3.86. The number of aryl methyl sites for hydroxylation is 1. The predicted octanol–water partition coefficient (Wildman–Crippen LogP) is 2.80. The van der Waals surface area contributed by atoms with Crippen molar-refractivity contribution < 1.29 is 9.59 Å².